The highest BCUT2D eigenvalue weighted by Crippen LogP contribution is 2.14. The van der Waals surface area contributed by atoms with Crippen LogP contribution < -0.4 is 0 Å². The Morgan fingerprint density at radius 3 is 1.35 bits per heavy atom. The molecule has 0 aliphatic heterocycles. The molecule has 0 saturated carbocycles. The number of hydrogen-bond donors (Lipinski definition) is 0. The molecule has 0 aromatic heterocycles. The smallest absolute Gasteiger partial charge is 0.199 e. The van der Waals surface area contributed by atoms with E-state index in [0.29, 0.717) is 6.42 Å². The standard InChI is InChI=1S/C21H41OS/c1-2-3-4-5-6-7-8-9-10-11-12-13-14-15-16-17-20-23-21-18-19-22/h2-18,20-21H2,1H3. The van der Waals surface area contributed by atoms with Gasteiger partial charge in [0.1, 0.15) is 0 Å². The van der Waals surface area contributed by atoms with Crippen molar-refractivity contribution in [3.63, 3.8) is 0 Å². The van der Waals surface area contributed by atoms with E-state index in [1.807, 2.05) is 18.0 Å². The molecule has 1 nitrogen and oxygen atoms in total. The van der Waals surface area contributed by atoms with Gasteiger partial charge in [-0.3, -0.25) is 4.79 Å². The lowest BCUT2D eigenvalue weighted by Crippen LogP contribution is -1.86. The summed E-state index contributed by atoms with van der Waals surface area (Å²) in [4.78, 5) is 10.0. The maximum atomic E-state index is 10.0. The molecule has 2 heteroatoms. The minimum atomic E-state index is 0.601. The highest BCUT2D eigenvalue weighted by Gasteiger charge is 1.95. The van der Waals surface area contributed by atoms with E-state index in [4.69, 9.17) is 0 Å². The van der Waals surface area contributed by atoms with E-state index >= 15 is 0 Å². The van der Waals surface area contributed by atoms with E-state index in [0.717, 1.165) is 5.75 Å². The zero-order valence-electron chi connectivity index (χ0n) is 15.8. The summed E-state index contributed by atoms with van der Waals surface area (Å²) in [6.45, 7) is 2.29. The summed E-state index contributed by atoms with van der Waals surface area (Å²) in [6, 6.07) is 0. The molecular weight excluding hydrogens is 300 g/mol. The van der Waals surface area contributed by atoms with Crippen molar-refractivity contribution in [1.82, 2.24) is 0 Å². The summed E-state index contributed by atoms with van der Waals surface area (Å²) in [5.74, 6) is 2.18. The minimum Gasteiger partial charge on any atom is -0.291 e. The van der Waals surface area contributed by atoms with E-state index in [1.54, 1.807) is 0 Å². The third kappa shape index (κ3) is 22.0. The van der Waals surface area contributed by atoms with Gasteiger partial charge in [-0.15, -0.1) is 0 Å². The first-order valence-electron chi connectivity index (χ1n) is 10.3. The van der Waals surface area contributed by atoms with Gasteiger partial charge in [0.05, 0.1) is 0 Å². The van der Waals surface area contributed by atoms with Crippen LogP contribution in [0.4, 0.5) is 0 Å². The van der Waals surface area contributed by atoms with Gasteiger partial charge in [0.15, 0.2) is 6.29 Å². The predicted octanol–water partition coefficient (Wildman–Crippen LogP) is 7.48. The minimum absolute atomic E-state index is 0.601. The van der Waals surface area contributed by atoms with Crippen LogP contribution in [0, 0.1) is 0 Å². The van der Waals surface area contributed by atoms with Crippen molar-refractivity contribution in [3.8, 4) is 0 Å². The van der Waals surface area contributed by atoms with Crippen molar-refractivity contribution in [2.45, 2.75) is 116 Å². The Balaban J connectivity index is 2.93. The summed E-state index contributed by atoms with van der Waals surface area (Å²) < 4.78 is 0. The molecule has 0 saturated heterocycles. The lowest BCUT2D eigenvalue weighted by atomic mass is 10.0. The van der Waals surface area contributed by atoms with Gasteiger partial charge in [-0.1, -0.05) is 103 Å². The molecule has 0 aliphatic rings. The van der Waals surface area contributed by atoms with Crippen LogP contribution in [0.3, 0.4) is 0 Å². The van der Waals surface area contributed by atoms with Crippen LogP contribution in [-0.4, -0.2) is 17.8 Å². The first-order valence-corrected chi connectivity index (χ1v) is 11.5. The van der Waals surface area contributed by atoms with E-state index in [2.05, 4.69) is 6.92 Å². The van der Waals surface area contributed by atoms with Gasteiger partial charge >= 0.3 is 0 Å². The Hall–Kier alpha value is 0.0200. The molecule has 23 heavy (non-hydrogen) atoms. The maximum absolute atomic E-state index is 10.0. The van der Waals surface area contributed by atoms with Crippen LogP contribution in [0.25, 0.3) is 0 Å². The van der Waals surface area contributed by atoms with Gasteiger partial charge in [-0.05, 0) is 12.2 Å². The van der Waals surface area contributed by atoms with Gasteiger partial charge in [-0.2, -0.15) is 11.8 Å². The van der Waals surface area contributed by atoms with Crippen molar-refractivity contribution in [3.05, 3.63) is 0 Å². The number of rotatable bonds is 20. The molecule has 1 radical (unpaired) electrons. The van der Waals surface area contributed by atoms with Gasteiger partial charge < -0.3 is 0 Å². The van der Waals surface area contributed by atoms with E-state index in [1.165, 1.54) is 108 Å². The molecule has 0 aromatic carbocycles. The lowest BCUT2D eigenvalue weighted by Gasteiger charge is -2.03. The van der Waals surface area contributed by atoms with Crippen LogP contribution in [0.5, 0.6) is 0 Å². The van der Waals surface area contributed by atoms with E-state index < -0.39 is 0 Å². The van der Waals surface area contributed by atoms with Gasteiger partial charge in [0, 0.05) is 12.2 Å². The fraction of sp³-hybridized carbons (Fsp3) is 0.952. The Kier molecular flexibility index (Phi) is 22.0. The third-order valence-electron chi connectivity index (χ3n) is 4.49. The summed E-state index contributed by atoms with van der Waals surface area (Å²) in [5.41, 5.74) is 0. The van der Waals surface area contributed by atoms with Crippen molar-refractivity contribution in [1.29, 1.82) is 0 Å². The molecule has 0 atom stereocenters. The molecule has 0 rings (SSSR count). The SMILES string of the molecule is CCCCCCCCCCCCCCCCCCSCC[C]=O. The number of hydrogen-bond acceptors (Lipinski definition) is 2. The maximum Gasteiger partial charge on any atom is 0.199 e. The highest BCUT2D eigenvalue weighted by atomic mass is 32.2. The van der Waals surface area contributed by atoms with Crippen molar-refractivity contribution in [2.24, 2.45) is 0 Å². The quantitative estimate of drug-likeness (QED) is 0.213. The summed E-state index contributed by atoms with van der Waals surface area (Å²) in [7, 11) is 0. The Labute approximate surface area is 150 Å². The van der Waals surface area contributed by atoms with Crippen molar-refractivity contribution >= 4 is 18.0 Å². The molecule has 0 fully saturated rings. The predicted molar refractivity (Wildman–Crippen MR) is 107 cm³/mol. The Bertz CT molecular complexity index is 218. The van der Waals surface area contributed by atoms with Crippen LogP contribution in [-0.2, 0) is 4.79 Å². The zero-order valence-corrected chi connectivity index (χ0v) is 16.6. The van der Waals surface area contributed by atoms with Crippen LogP contribution in [0.15, 0.2) is 0 Å². The molecule has 0 N–H and O–H groups in total. The number of unbranched alkanes of at least 4 members (excludes halogenated alkanes) is 15. The first-order chi connectivity index (χ1) is 11.4. The first kappa shape index (κ1) is 23.0. The largest absolute Gasteiger partial charge is 0.291 e. The fourth-order valence-electron chi connectivity index (χ4n) is 2.97. The highest BCUT2D eigenvalue weighted by molar-refractivity contribution is 7.99. The molecule has 0 aromatic rings. The third-order valence-corrected chi connectivity index (χ3v) is 5.56. The Morgan fingerprint density at radius 2 is 0.957 bits per heavy atom. The van der Waals surface area contributed by atoms with Crippen molar-refractivity contribution < 1.29 is 4.79 Å². The second-order valence-corrected chi connectivity index (χ2v) is 8.03. The topological polar surface area (TPSA) is 17.1 Å². The summed E-state index contributed by atoms with van der Waals surface area (Å²) in [6.07, 6.45) is 25.4. The molecule has 0 amide bonds. The lowest BCUT2D eigenvalue weighted by molar-refractivity contribution is 0.531. The van der Waals surface area contributed by atoms with E-state index in [9.17, 15) is 4.79 Å². The average Bonchev–Trinajstić information content (AvgIpc) is 2.57. The molecular formula is C21H41OS. The molecule has 0 aliphatic carbocycles. The molecule has 0 unspecified atom stereocenters. The number of thioether (sulfide) groups is 1. The zero-order chi connectivity index (χ0) is 16.8. The second-order valence-electron chi connectivity index (χ2n) is 6.81. The summed E-state index contributed by atoms with van der Waals surface area (Å²) >= 11 is 1.90. The van der Waals surface area contributed by atoms with Crippen molar-refractivity contribution in [2.75, 3.05) is 11.5 Å². The normalized spacial score (nSPS) is 11.0. The molecule has 0 bridgehead atoms. The fourth-order valence-corrected chi connectivity index (χ4v) is 3.81. The van der Waals surface area contributed by atoms with Crippen LogP contribution in [0.2, 0.25) is 0 Å². The Morgan fingerprint density at radius 1 is 0.565 bits per heavy atom. The molecule has 0 spiro atoms. The second kappa shape index (κ2) is 22.0. The summed E-state index contributed by atoms with van der Waals surface area (Å²) in [5, 5.41) is 0. The molecule has 0 heterocycles. The monoisotopic (exact) mass is 341 g/mol. The van der Waals surface area contributed by atoms with Gasteiger partial charge in [0.2, 0.25) is 0 Å². The van der Waals surface area contributed by atoms with Crippen LogP contribution in [0.1, 0.15) is 116 Å². The molecule has 137 valence electrons. The van der Waals surface area contributed by atoms with Gasteiger partial charge in [-0.25, -0.2) is 0 Å². The van der Waals surface area contributed by atoms with E-state index in [-0.39, 0.29) is 0 Å². The number of carbonyl (C=O) groups excluding carboxylic acids is 1. The van der Waals surface area contributed by atoms with Crippen LogP contribution >= 0.6 is 11.8 Å². The van der Waals surface area contributed by atoms with Gasteiger partial charge in [0.25, 0.3) is 0 Å². The average molecular weight is 342 g/mol.